The standard InChI is InChI=1S/C40H71N3O8/c1-6-8-9-10-25-48-34(44)14-11-27(3)29-12-13-30-38(32(7-2)50-36(46)18-23-42)31(26-33(40(29,30)5)51-37(47)19-24-43)39(4)20-15-28(16-21-39)49-35(45)17-22-41/h27-33,38H,6-26,41-43H2,1-5H3/t27-,28-,29-,30+,31+,32-,33+,38?,39+,40-/m1/s1. The fourth-order valence-electron chi connectivity index (χ4n) is 10.2. The number of rotatable bonds is 21. The first-order valence-electron chi connectivity index (χ1n) is 20.2. The Balaban J connectivity index is 1.93. The molecule has 0 radical (unpaired) electrons. The van der Waals surface area contributed by atoms with Gasteiger partial charge in [-0.2, -0.15) is 0 Å². The van der Waals surface area contributed by atoms with Gasteiger partial charge in [-0.1, -0.05) is 53.9 Å². The van der Waals surface area contributed by atoms with Crippen LogP contribution in [-0.2, 0) is 38.1 Å². The zero-order valence-electron chi connectivity index (χ0n) is 32.5. The van der Waals surface area contributed by atoms with Crippen LogP contribution in [0.4, 0.5) is 0 Å². The van der Waals surface area contributed by atoms with E-state index in [-0.39, 0.29) is 116 Å². The van der Waals surface area contributed by atoms with Crippen LogP contribution in [0.25, 0.3) is 0 Å². The van der Waals surface area contributed by atoms with Crippen LogP contribution in [0.3, 0.4) is 0 Å². The van der Waals surface area contributed by atoms with Gasteiger partial charge in [0.05, 0.1) is 25.9 Å². The second kappa shape index (κ2) is 20.9. The van der Waals surface area contributed by atoms with Crippen molar-refractivity contribution in [2.75, 3.05) is 26.2 Å². The van der Waals surface area contributed by atoms with Crippen LogP contribution in [0, 0.1) is 40.4 Å². The van der Waals surface area contributed by atoms with Crippen LogP contribution >= 0.6 is 0 Å². The SMILES string of the molecule is CCCCCCOC(=O)CC[C@@H](C)[C@H]1CC[C@H]2C([C@@H](CC)OC(=O)CCN)[C@@H]([C@]3(C)CC[C@H](OC(=O)CCN)CC3)C[C@H](OC(=O)CCN)[C@]12C. The molecule has 11 nitrogen and oxygen atoms in total. The van der Waals surface area contributed by atoms with E-state index in [1.165, 1.54) is 0 Å². The quantitative estimate of drug-likeness (QED) is 0.0721. The lowest BCUT2D eigenvalue weighted by Gasteiger charge is -2.59. The largest absolute Gasteiger partial charge is 0.466 e. The molecular formula is C40H71N3O8. The van der Waals surface area contributed by atoms with Gasteiger partial charge in [0.15, 0.2) is 0 Å². The molecule has 3 rings (SSSR count). The van der Waals surface area contributed by atoms with E-state index in [2.05, 4.69) is 34.6 Å². The minimum atomic E-state index is -0.395. The molecular weight excluding hydrogens is 650 g/mol. The Morgan fingerprint density at radius 3 is 1.98 bits per heavy atom. The number of nitrogens with two attached hydrogens (primary N) is 3. The second-order valence-corrected chi connectivity index (χ2v) is 16.2. The van der Waals surface area contributed by atoms with Crippen molar-refractivity contribution in [2.45, 2.75) is 162 Å². The summed E-state index contributed by atoms with van der Waals surface area (Å²) in [6, 6.07) is 0. The van der Waals surface area contributed by atoms with Gasteiger partial charge in [-0.15, -0.1) is 0 Å². The van der Waals surface area contributed by atoms with Crippen LogP contribution in [0.2, 0.25) is 0 Å². The molecule has 0 saturated heterocycles. The summed E-state index contributed by atoms with van der Waals surface area (Å²) in [6.07, 6.45) is 11.4. The number of unbranched alkanes of at least 4 members (excludes halogenated alkanes) is 3. The molecule has 0 amide bonds. The summed E-state index contributed by atoms with van der Waals surface area (Å²) in [5, 5.41) is 0. The fourth-order valence-corrected chi connectivity index (χ4v) is 10.2. The highest BCUT2D eigenvalue weighted by molar-refractivity contribution is 5.71. The second-order valence-electron chi connectivity index (χ2n) is 16.2. The molecule has 8 atom stereocenters. The minimum Gasteiger partial charge on any atom is -0.466 e. The van der Waals surface area contributed by atoms with Gasteiger partial charge in [0.2, 0.25) is 0 Å². The van der Waals surface area contributed by atoms with E-state index in [9.17, 15) is 19.2 Å². The maximum Gasteiger partial charge on any atom is 0.307 e. The first kappa shape index (κ1) is 43.2. The fraction of sp³-hybridized carbons (Fsp3) is 0.900. The van der Waals surface area contributed by atoms with Gasteiger partial charge >= 0.3 is 23.9 Å². The van der Waals surface area contributed by atoms with Crippen molar-refractivity contribution >= 4 is 23.9 Å². The molecule has 0 aromatic heterocycles. The van der Waals surface area contributed by atoms with E-state index in [0.717, 1.165) is 64.2 Å². The minimum absolute atomic E-state index is 0.0396. The third kappa shape index (κ3) is 11.4. The lowest BCUT2D eigenvalue weighted by Crippen LogP contribution is -2.59. The lowest BCUT2D eigenvalue weighted by atomic mass is 9.48. The van der Waals surface area contributed by atoms with E-state index < -0.39 is 5.41 Å². The Hall–Kier alpha value is -2.24. The molecule has 0 aromatic rings. The van der Waals surface area contributed by atoms with Gasteiger partial charge in [-0.05, 0) is 93.3 Å². The summed E-state index contributed by atoms with van der Waals surface area (Å²) in [7, 11) is 0. The number of hydrogen-bond acceptors (Lipinski definition) is 11. The Bertz CT molecular complexity index is 1110. The summed E-state index contributed by atoms with van der Waals surface area (Å²) >= 11 is 0. The summed E-state index contributed by atoms with van der Waals surface area (Å²) in [5.74, 6) is -0.329. The Morgan fingerprint density at radius 1 is 0.745 bits per heavy atom. The van der Waals surface area contributed by atoms with E-state index in [1.54, 1.807) is 0 Å². The van der Waals surface area contributed by atoms with E-state index in [4.69, 9.17) is 36.1 Å². The van der Waals surface area contributed by atoms with E-state index in [1.807, 2.05) is 0 Å². The normalized spacial score (nSPS) is 31.6. The highest BCUT2D eigenvalue weighted by atomic mass is 16.6. The van der Waals surface area contributed by atoms with Crippen molar-refractivity contribution in [2.24, 2.45) is 57.6 Å². The van der Waals surface area contributed by atoms with Crippen molar-refractivity contribution in [1.29, 1.82) is 0 Å². The van der Waals surface area contributed by atoms with Crippen molar-refractivity contribution in [1.82, 2.24) is 0 Å². The molecule has 6 N–H and O–H groups in total. The predicted octanol–water partition coefficient (Wildman–Crippen LogP) is 5.97. The molecule has 11 heteroatoms. The molecule has 0 aromatic carbocycles. The van der Waals surface area contributed by atoms with Crippen LogP contribution in [0.1, 0.15) is 144 Å². The average Bonchev–Trinajstić information content (AvgIpc) is 3.45. The molecule has 51 heavy (non-hydrogen) atoms. The number of carbonyl (C=O) groups excluding carboxylic acids is 4. The average molecular weight is 722 g/mol. The molecule has 3 aliphatic carbocycles. The highest BCUT2D eigenvalue weighted by Gasteiger charge is 2.64. The molecule has 3 fully saturated rings. The first-order valence-corrected chi connectivity index (χ1v) is 20.2. The monoisotopic (exact) mass is 722 g/mol. The van der Waals surface area contributed by atoms with Gasteiger partial charge in [0.1, 0.15) is 18.3 Å². The zero-order chi connectivity index (χ0) is 37.6. The van der Waals surface area contributed by atoms with Gasteiger partial charge in [-0.3, -0.25) is 19.2 Å². The Labute approximate surface area is 307 Å². The summed E-state index contributed by atoms with van der Waals surface area (Å²) in [6.45, 7) is 12.3. The predicted molar refractivity (Wildman–Crippen MR) is 197 cm³/mol. The van der Waals surface area contributed by atoms with E-state index >= 15 is 0 Å². The van der Waals surface area contributed by atoms with Gasteiger partial charge in [0, 0.05) is 37.4 Å². The van der Waals surface area contributed by atoms with Crippen LogP contribution in [0.5, 0.6) is 0 Å². The molecule has 3 saturated carbocycles. The maximum absolute atomic E-state index is 13.2. The topological polar surface area (TPSA) is 183 Å². The smallest absolute Gasteiger partial charge is 0.307 e. The van der Waals surface area contributed by atoms with Crippen LogP contribution in [-0.4, -0.2) is 68.4 Å². The molecule has 0 bridgehead atoms. The number of hydrogen-bond donors (Lipinski definition) is 3. The van der Waals surface area contributed by atoms with E-state index in [0.29, 0.717) is 32.3 Å². The highest BCUT2D eigenvalue weighted by Crippen LogP contribution is 2.66. The zero-order valence-corrected chi connectivity index (χ0v) is 32.5. The molecule has 294 valence electrons. The maximum atomic E-state index is 13.2. The molecule has 1 unspecified atom stereocenters. The third-order valence-electron chi connectivity index (χ3n) is 12.9. The third-order valence-corrected chi connectivity index (χ3v) is 12.9. The first-order chi connectivity index (χ1) is 24.4. The number of ether oxygens (including phenoxy) is 4. The summed E-state index contributed by atoms with van der Waals surface area (Å²) in [4.78, 5) is 51.3. The summed E-state index contributed by atoms with van der Waals surface area (Å²) in [5.41, 5.74) is 16.6. The van der Waals surface area contributed by atoms with Crippen LogP contribution in [0.15, 0.2) is 0 Å². The Kier molecular flexibility index (Phi) is 17.7. The van der Waals surface area contributed by atoms with Gasteiger partial charge < -0.3 is 36.1 Å². The van der Waals surface area contributed by atoms with Crippen molar-refractivity contribution in [3.8, 4) is 0 Å². The number of esters is 4. The van der Waals surface area contributed by atoms with Crippen LogP contribution < -0.4 is 17.2 Å². The molecule has 0 aliphatic heterocycles. The Morgan fingerprint density at radius 2 is 1.37 bits per heavy atom. The van der Waals surface area contributed by atoms with Gasteiger partial charge in [-0.25, -0.2) is 0 Å². The lowest BCUT2D eigenvalue weighted by molar-refractivity contribution is -0.200. The number of carbonyl (C=O) groups is 4. The molecule has 3 aliphatic rings. The van der Waals surface area contributed by atoms with Crippen molar-refractivity contribution in [3.05, 3.63) is 0 Å². The van der Waals surface area contributed by atoms with Gasteiger partial charge in [0.25, 0.3) is 0 Å². The van der Waals surface area contributed by atoms with Crippen molar-refractivity contribution < 1.29 is 38.1 Å². The van der Waals surface area contributed by atoms with Crippen molar-refractivity contribution in [3.63, 3.8) is 0 Å². The molecule has 0 heterocycles. The number of fused-ring (bicyclic) bond motifs is 1. The summed E-state index contributed by atoms with van der Waals surface area (Å²) < 4.78 is 24.1. The molecule has 0 spiro atoms.